The van der Waals surface area contributed by atoms with Crippen molar-refractivity contribution in [3.63, 3.8) is 0 Å². The Kier molecular flexibility index (Phi) is 10.0. The van der Waals surface area contributed by atoms with Crippen LogP contribution < -0.4 is 4.90 Å². The lowest BCUT2D eigenvalue weighted by atomic mass is 10.1. The molecule has 0 N–H and O–H groups in total. The minimum absolute atomic E-state index is 0.0794. The molecular weight excluding hydrogens is 434 g/mol. The van der Waals surface area contributed by atoms with E-state index in [1.807, 2.05) is 13.0 Å². The Hall–Kier alpha value is -2.08. The fraction of sp³-hybridized carbons (Fsp3) is 0.519. The smallest absolute Gasteiger partial charge is 0.305 e. The quantitative estimate of drug-likeness (QED) is 0.407. The molecule has 5 nitrogen and oxygen atoms in total. The highest BCUT2D eigenvalue weighted by atomic mass is 35.5. The van der Waals surface area contributed by atoms with Crippen molar-refractivity contribution >= 4 is 28.9 Å². The lowest BCUT2D eigenvalue weighted by Crippen LogP contribution is -2.47. The van der Waals surface area contributed by atoms with Crippen molar-refractivity contribution in [2.75, 3.05) is 57.3 Å². The van der Waals surface area contributed by atoms with Crippen molar-refractivity contribution in [1.29, 1.82) is 0 Å². The second-order valence-corrected chi connectivity index (χ2v) is 9.31. The van der Waals surface area contributed by atoms with Crippen LogP contribution in [0.15, 0.2) is 42.5 Å². The van der Waals surface area contributed by atoms with Gasteiger partial charge in [-0.3, -0.25) is 9.69 Å². The van der Waals surface area contributed by atoms with E-state index >= 15 is 0 Å². The van der Waals surface area contributed by atoms with Gasteiger partial charge in [-0.15, -0.1) is 0 Å². The Labute approximate surface area is 204 Å². The molecule has 180 valence electrons. The number of para-hydroxylation sites is 1. The van der Waals surface area contributed by atoms with Crippen LogP contribution in [0.25, 0.3) is 0 Å². The van der Waals surface area contributed by atoms with E-state index in [0.29, 0.717) is 13.0 Å². The number of halogens is 1. The zero-order valence-corrected chi connectivity index (χ0v) is 21.1. The predicted molar refractivity (Wildman–Crippen MR) is 138 cm³/mol. The van der Waals surface area contributed by atoms with E-state index in [2.05, 4.69) is 64.9 Å². The third-order valence-corrected chi connectivity index (χ3v) is 6.55. The van der Waals surface area contributed by atoms with Gasteiger partial charge in [0.1, 0.15) is 6.61 Å². The van der Waals surface area contributed by atoms with Crippen LogP contribution in [0.2, 0.25) is 5.02 Å². The fourth-order valence-electron chi connectivity index (χ4n) is 4.36. The Morgan fingerprint density at radius 3 is 2.33 bits per heavy atom. The first kappa shape index (κ1) is 25.5. The minimum atomic E-state index is -0.0794. The van der Waals surface area contributed by atoms with Crippen LogP contribution >= 0.6 is 11.6 Å². The molecule has 1 heterocycles. The standard InChI is InChI=1S/C27H38ClN3O2/c1-4-8-27(32)33-20-19-30-17-15-29(16-18-30)13-7-14-31(25-10-6-5-9-22(25)2)26-21-24(28)12-11-23(26)3/h5-6,9-12,21H,4,7-8,13-20H2,1-3H3. The van der Waals surface area contributed by atoms with E-state index in [0.717, 1.165) is 63.7 Å². The van der Waals surface area contributed by atoms with Gasteiger partial charge in [-0.1, -0.05) is 42.8 Å². The zero-order valence-electron chi connectivity index (χ0n) is 20.4. The molecule has 1 aliphatic heterocycles. The topological polar surface area (TPSA) is 36.0 Å². The van der Waals surface area contributed by atoms with Crippen LogP contribution in [0.1, 0.15) is 37.3 Å². The number of nitrogens with zero attached hydrogens (tertiary/aromatic N) is 3. The molecule has 2 aromatic rings. The number of esters is 1. The van der Waals surface area contributed by atoms with E-state index in [1.165, 1.54) is 22.5 Å². The third-order valence-electron chi connectivity index (χ3n) is 6.31. The second-order valence-electron chi connectivity index (χ2n) is 8.88. The van der Waals surface area contributed by atoms with Crippen LogP contribution in [0, 0.1) is 13.8 Å². The molecule has 0 bridgehead atoms. The number of aryl methyl sites for hydroxylation is 2. The van der Waals surface area contributed by atoms with Crippen LogP contribution in [0.4, 0.5) is 11.4 Å². The van der Waals surface area contributed by atoms with Crippen molar-refractivity contribution in [3.8, 4) is 0 Å². The van der Waals surface area contributed by atoms with Crippen LogP contribution in [-0.2, 0) is 9.53 Å². The second kappa shape index (κ2) is 13.0. The highest BCUT2D eigenvalue weighted by molar-refractivity contribution is 6.30. The number of benzene rings is 2. The first-order valence-corrected chi connectivity index (χ1v) is 12.6. The summed E-state index contributed by atoms with van der Waals surface area (Å²) < 4.78 is 5.31. The van der Waals surface area contributed by atoms with E-state index in [4.69, 9.17) is 16.3 Å². The SMILES string of the molecule is CCCC(=O)OCCN1CCN(CCCN(c2ccccc2C)c2cc(Cl)ccc2C)CC1. The van der Waals surface area contributed by atoms with Crippen LogP contribution in [-0.4, -0.2) is 68.2 Å². The number of piperazine rings is 1. The van der Waals surface area contributed by atoms with Gasteiger partial charge in [-0.2, -0.15) is 0 Å². The van der Waals surface area contributed by atoms with E-state index in [1.54, 1.807) is 0 Å². The Morgan fingerprint density at radius 1 is 0.970 bits per heavy atom. The summed E-state index contributed by atoms with van der Waals surface area (Å²) in [6, 6.07) is 14.7. The van der Waals surface area contributed by atoms with Gasteiger partial charge >= 0.3 is 5.97 Å². The van der Waals surface area contributed by atoms with Crippen LogP contribution in [0.5, 0.6) is 0 Å². The van der Waals surface area contributed by atoms with Gasteiger partial charge in [0.05, 0.1) is 0 Å². The summed E-state index contributed by atoms with van der Waals surface area (Å²) in [5.74, 6) is -0.0794. The van der Waals surface area contributed by atoms with Gasteiger partial charge in [0.2, 0.25) is 0 Å². The predicted octanol–water partition coefficient (Wildman–Crippen LogP) is 5.45. The molecule has 0 aromatic heterocycles. The lowest BCUT2D eigenvalue weighted by molar-refractivity contribution is -0.144. The zero-order chi connectivity index (χ0) is 23.6. The van der Waals surface area contributed by atoms with Gasteiger partial charge in [0.25, 0.3) is 0 Å². The maximum Gasteiger partial charge on any atom is 0.305 e. The molecule has 0 saturated carbocycles. The molecule has 0 radical (unpaired) electrons. The molecule has 0 amide bonds. The van der Waals surface area contributed by atoms with Crippen LogP contribution in [0.3, 0.4) is 0 Å². The lowest BCUT2D eigenvalue weighted by Gasteiger charge is -2.35. The molecule has 1 aliphatic rings. The monoisotopic (exact) mass is 471 g/mol. The summed E-state index contributed by atoms with van der Waals surface area (Å²) >= 11 is 6.36. The third kappa shape index (κ3) is 7.73. The molecule has 0 aliphatic carbocycles. The Morgan fingerprint density at radius 2 is 1.64 bits per heavy atom. The summed E-state index contributed by atoms with van der Waals surface area (Å²) in [7, 11) is 0. The normalized spacial score (nSPS) is 14.9. The molecule has 0 unspecified atom stereocenters. The van der Waals surface area contributed by atoms with Crippen molar-refractivity contribution in [2.24, 2.45) is 0 Å². The number of carbonyl (C=O) groups excluding carboxylic acids is 1. The summed E-state index contributed by atoms with van der Waals surface area (Å²) in [4.78, 5) is 18.9. The maximum absolute atomic E-state index is 11.5. The molecule has 33 heavy (non-hydrogen) atoms. The van der Waals surface area contributed by atoms with Crippen molar-refractivity contribution in [2.45, 2.75) is 40.0 Å². The molecule has 1 saturated heterocycles. The fourth-order valence-corrected chi connectivity index (χ4v) is 4.53. The summed E-state index contributed by atoms with van der Waals surface area (Å²) in [5.41, 5.74) is 4.92. The molecule has 3 rings (SSSR count). The Bertz CT molecular complexity index is 897. The first-order valence-electron chi connectivity index (χ1n) is 12.2. The molecule has 0 atom stereocenters. The highest BCUT2D eigenvalue weighted by Crippen LogP contribution is 2.32. The average Bonchev–Trinajstić information content (AvgIpc) is 2.80. The Balaban J connectivity index is 1.51. The molecule has 0 spiro atoms. The largest absolute Gasteiger partial charge is 0.464 e. The summed E-state index contributed by atoms with van der Waals surface area (Å²) in [6.07, 6.45) is 2.44. The number of anilines is 2. The van der Waals surface area contributed by atoms with Gasteiger partial charge < -0.3 is 14.5 Å². The molecule has 2 aromatic carbocycles. The number of rotatable bonds is 11. The van der Waals surface area contributed by atoms with Gasteiger partial charge in [-0.05, 0) is 62.6 Å². The average molecular weight is 472 g/mol. The van der Waals surface area contributed by atoms with Crippen molar-refractivity contribution in [3.05, 3.63) is 58.6 Å². The molecule has 1 fully saturated rings. The number of carbonyl (C=O) groups is 1. The molecule has 6 heteroatoms. The number of ether oxygens (including phenoxy) is 1. The summed E-state index contributed by atoms with van der Waals surface area (Å²) in [6.45, 7) is 13.8. The van der Waals surface area contributed by atoms with Crippen molar-refractivity contribution < 1.29 is 9.53 Å². The number of hydrogen-bond donors (Lipinski definition) is 0. The highest BCUT2D eigenvalue weighted by Gasteiger charge is 2.18. The summed E-state index contributed by atoms with van der Waals surface area (Å²) in [5, 5.41) is 0.769. The van der Waals surface area contributed by atoms with Crippen molar-refractivity contribution in [1.82, 2.24) is 9.80 Å². The van der Waals surface area contributed by atoms with Gasteiger partial charge in [-0.25, -0.2) is 0 Å². The first-order chi connectivity index (χ1) is 16.0. The van der Waals surface area contributed by atoms with Gasteiger partial charge in [0, 0.05) is 62.1 Å². The van der Waals surface area contributed by atoms with E-state index in [9.17, 15) is 4.79 Å². The minimum Gasteiger partial charge on any atom is -0.464 e. The van der Waals surface area contributed by atoms with E-state index in [-0.39, 0.29) is 5.97 Å². The van der Waals surface area contributed by atoms with Gasteiger partial charge in [0.15, 0.2) is 0 Å². The molecular formula is C27H38ClN3O2. The maximum atomic E-state index is 11.5. The van der Waals surface area contributed by atoms with E-state index < -0.39 is 0 Å². The number of hydrogen-bond acceptors (Lipinski definition) is 5.